The maximum absolute atomic E-state index is 12.8. The van der Waals surface area contributed by atoms with E-state index in [0.29, 0.717) is 17.3 Å². The van der Waals surface area contributed by atoms with E-state index in [2.05, 4.69) is 20.8 Å². The Hall–Kier alpha value is -1.14. The summed E-state index contributed by atoms with van der Waals surface area (Å²) in [6.07, 6.45) is 42.2. The Kier molecular flexibility index (Phi) is 47.9. The Labute approximate surface area is 395 Å². The highest BCUT2D eigenvalue weighted by atomic mass is 32.2. The average Bonchev–Trinajstić information content (AvgIpc) is 3.25. The van der Waals surface area contributed by atoms with Gasteiger partial charge in [0.15, 0.2) is 6.10 Å². The minimum Gasteiger partial charge on any atom is -0.461 e. The third kappa shape index (κ3) is 47.2. The van der Waals surface area contributed by atoms with Gasteiger partial charge in [-0.2, -0.15) is 0 Å². The van der Waals surface area contributed by atoms with E-state index in [4.69, 9.17) is 14.2 Å². The summed E-state index contributed by atoms with van der Waals surface area (Å²) in [7, 11) is -4.16. The van der Waals surface area contributed by atoms with Gasteiger partial charge in [0.2, 0.25) is 0 Å². The lowest BCUT2D eigenvalue weighted by Crippen LogP contribution is -2.34. The van der Waals surface area contributed by atoms with Gasteiger partial charge < -0.3 is 14.2 Å². The van der Waals surface area contributed by atoms with Crippen LogP contribution in [-0.2, 0) is 61.0 Å². The molecule has 374 valence electrons. The minimum absolute atomic E-state index is 0.264. The molecule has 0 saturated carbocycles. The molecule has 0 fully saturated rings. The summed E-state index contributed by atoms with van der Waals surface area (Å²) in [5, 5.41) is 0. The first kappa shape index (κ1) is 61.9. The quantitative estimate of drug-likeness (QED) is 0.0332. The molecule has 0 aliphatic rings. The maximum Gasteiger partial charge on any atom is 0.319 e. The lowest BCUT2D eigenvalue weighted by atomic mass is 10.1. The Bertz CT molecular complexity index is 1080. The molecule has 63 heavy (non-hydrogen) atoms. The fraction of sp³-hybridized carbons (Fsp3) is 0.941. The molecule has 0 spiro atoms. The van der Waals surface area contributed by atoms with Gasteiger partial charge in [0.05, 0.1) is 0 Å². The van der Waals surface area contributed by atoms with Crippen LogP contribution in [-0.4, -0.2) is 84.4 Å². The number of unbranched alkanes of at least 4 members (excludes halogenated alkanes) is 33. The summed E-state index contributed by atoms with van der Waals surface area (Å²) in [5.41, 5.74) is 0. The van der Waals surface area contributed by atoms with Crippen LogP contribution in [0.4, 0.5) is 0 Å². The van der Waals surface area contributed by atoms with E-state index in [1.54, 1.807) is 0 Å². The summed E-state index contributed by atoms with van der Waals surface area (Å²) >= 11 is 0. The van der Waals surface area contributed by atoms with Crippen molar-refractivity contribution in [2.24, 2.45) is 0 Å². The van der Waals surface area contributed by atoms with Crippen LogP contribution >= 0.6 is 0 Å². The first-order valence-electron chi connectivity index (χ1n) is 26.3. The van der Waals surface area contributed by atoms with Gasteiger partial charge >= 0.3 is 17.9 Å². The van der Waals surface area contributed by atoms with E-state index in [9.17, 15) is 27.0 Å². The highest BCUT2D eigenvalue weighted by molar-refractivity contribution is 7.86. The molecular weight excluding hydrogens is 853 g/mol. The molecule has 0 amide bonds. The van der Waals surface area contributed by atoms with E-state index in [0.717, 1.165) is 57.8 Å². The third-order valence-electron chi connectivity index (χ3n) is 11.7. The first-order valence-corrected chi connectivity index (χ1v) is 30.7. The van der Waals surface area contributed by atoms with Gasteiger partial charge in [0.25, 0.3) is 0 Å². The highest BCUT2D eigenvalue weighted by Gasteiger charge is 2.22. The van der Waals surface area contributed by atoms with Crippen LogP contribution in [0.25, 0.3) is 0 Å². The van der Waals surface area contributed by atoms with Crippen molar-refractivity contribution in [2.75, 3.05) is 47.7 Å². The van der Waals surface area contributed by atoms with Crippen LogP contribution in [0.1, 0.15) is 252 Å². The van der Waals surface area contributed by atoms with Gasteiger partial charge in [-0.1, -0.05) is 233 Å². The predicted octanol–water partition coefficient (Wildman–Crippen LogP) is 13.3. The summed E-state index contributed by atoms with van der Waals surface area (Å²) in [6, 6.07) is 0. The molecule has 9 nitrogen and oxygen atoms in total. The van der Waals surface area contributed by atoms with Crippen molar-refractivity contribution < 1.29 is 41.2 Å². The van der Waals surface area contributed by atoms with E-state index < -0.39 is 56.4 Å². The largest absolute Gasteiger partial charge is 0.461 e. The number of carbonyl (C=O) groups excluding carboxylic acids is 3. The van der Waals surface area contributed by atoms with Crippen molar-refractivity contribution in [2.45, 2.75) is 258 Å². The number of ether oxygens (including phenoxy) is 3. The topological polar surface area (TPSA) is 130 Å². The molecular formula is C51H98O9S3. The molecule has 0 aliphatic heterocycles. The number of esters is 3. The summed E-state index contributed by atoms with van der Waals surface area (Å²) in [5.74, 6) is -1.68. The van der Waals surface area contributed by atoms with Crippen LogP contribution in [0.5, 0.6) is 0 Å². The Morgan fingerprint density at radius 3 is 0.762 bits per heavy atom. The lowest BCUT2D eigenvalue weighted by molar-refractivity contribution is -0.163. The molecule has 0 saturated heterocycles. The van der Waals surface area contributed by atoms with Crippen LogP contribution < -0.4 is 0 Å². The second kappa shape index (κ2) is 48.8. The van der Waals surface area contributed by atoms with Crippen molar-refractivity contribution in [1.29, 1.82) is 0 Å². The van der Waals surface area contributed by atoms with Crippen molar-refractivity contribution in [3.8, 4) is 0 Å². The fourth-order valence-electron chi connectivity index (χ4n) is 7.71. The molecule has 0 N–H and O–H groups in total. The van der Waals surface area contributed by atoms with Gasteiger partial charge in [-0.25, -0.2) is 0 Å². The molecule has 0 heterocycles. The maximum atomic E-state index is 12.8. The molecule has 12 heteroatoms. The van der Waals surface area contributed by atoms with E-state index in [1.807, 2.05) is 0 Å². The predicted molar refractivity (Wildman–Crippen MR) is 269 cm³/mol. The summed E-state index contributed by atoms with van der Waals surface area (Å²) < 4.78 is 54.2. The number of carbonyl (C=O) groups is 3. The van der Waals surface area contributed by atoms with Crippen LogP contribution in [0, 0.1) is 0 Å². The second-order valence-electron chi connectivity index (χ2n) is 18.0. The minimum atomic E-state index is -1.41. The Morgan fingerprint density at radius 2 is 0.524 bits per heavy atom. The van der Waals surface area contributed by atoms with E-state index >= 15 is 0 Å². The van der Waals surface area contributed by atoms with Gasteiger partial charge in [-0.15, -0.1) is 0 Å². The van der Waals surface area contributed by atoms with Crippen LogP contribution in [0.15, 0.2) is 0 Å². The Balaban J connectivity index is 4.62. The Morgan fingerprint density at radius 1 is 0.317 bits per heavy atom. The first-order chi connectivity index (χ1) is 30.7. The zero-order valence-electron chi connectivity index (χ0n) is 41.1. The number of rotatable bonds is 50. The standard InChI is InChI=1S/C51H98O9S3/c1-4-7-10-13-16-19-22-25-28-31-34-37-40-61(55)45-49(52)58-43-48(60-51(54)47-63(57)42-39-36-33-30-27-24-21-18-15-12-9-6-3)44-59-50(53)46-62(56)41-38-35-32-29-26-23-20-17-14-11-8-5-2/h48H,4-47H2,1-3H3. The highest BCUT2D eigenvalue weighted by Crippen LogP contribution is 2.15. The third-order valence-corrected chi connectivity index (χ3v) is 15.6. The lowest BCUT2D eigenvalue weighted by Gasteiger charge is -2.18. The van der Waals surface area contributed by atoms with Gasteiger partial charge in [0, 0.05) is 49.7 Å². The molecule has 0 bridgehead atoms. The molecule has 0 rings (SSSR count). The fourth-order valence-corrected chi connectivity index (χ4v) is 10.7. The van der Waals surface area contributed by atoms with Crippen molar-refractivity contribution >= 4 is 50.3 Å². The molecule has 0 aromatic heterocycles. The van der Waals surface area contributed by atoms with Crippen LogP contribution in [0.3, 0.4) is 0 Å². The summed E-state index contributed by atoms with van der Waals surface area (Å²) in [6.45, 7) is 5.94. The molecule has 3 atom stereocenters. The number of hydrogen-bond acceptors (Lipinski definition) is 9. The molecule has 0 aromatic carbocycles. The zero-order chi connectivity index (χ0) is 46.3. The average molecular weight is 952 g/mol. The van der Waals surface area contributed by atoms with Gasteiger partial charge in [-0.05, 0) is 19.3 Å². The smallest absolute Gasteiger partial charge is 0.319 e. The normalized spacial score (nSPS) is 13.4. The van der Waals surface area contributed by atoms with Gasteiger partial charge in [-0.3, -0.25) is 27.0 Å². The van der Waals surface area contributed by atoms with E-state index in [1.165, 1.54) is 173 Å². The second-order valence-corrected chi connectivity index (χ2v) is 22.7. The van der Waals surface area contributed by atoms with Crippen LogP contribution in [0.2, 0.25) is 0 Å². The summed E-state index contributed by atoms with van der Waals surface area (Å²) in [4.78, 5) is 38.1. The van der Waals surface area contributed by atoms with Gasteiger partial charge in [0.1, 0.15) is 30.5 Å². The van der Waals surface area contributed by atoms with Crippen molar-refractivity contribution in [3.05, 3.63) is 0 Å². The SMILES string of the molecule is CCCCCCCCCCCCCCS(=O)CC(=O)OCC(COC(=O)CS(=O)CCCCCCCCCCCCCC)OC(=O)CS(=O)CCCCCCCCCCCCCC. The van der Waals surface area contributed by atoms with Crippen molar-refractivity contribution in [1.82, 2.24) is 0 Å². The zero-order valence-corrected chi connectivity index (χ0v) is 43.5. The van der Waals surface area contributed by atoms with E-state index in [-0.39, 0.29) is 30.5 Å². The number of hydrogen-bond donors (Lipinski definition) is 0. The molecule has 0 aromatic rings. The molecule has 0 aliphatic carbocycles. The monoisotopic (exact) mass is 951 g/mol. The molecule has 3 unspecified atom stereocenters. The van der Waals surface area contributed by atoms with Crippen molar-refractivity contribution in [3.63, 3.8) is 0 Å². The molecule has 0 radical (unpaired) electrons.